The maximum absolute atomic E-state index is 11.3. The van der Waals surface area contributed by atoms with Crippen molar-refractivity contribution in [3.05, 3.63) is 41.0 Å². The third-order valence-corrected chi connectivity index (χ3v) is 3.88. The quantitative estimate of drug-likeness (QED) is 0.591. The third-order valence-electron chi connectivity index (χ3n) is 2.75. The predicted octanol–water partition coefficient (Wildman–Crippen LogP) is 1.32. The van der Waals surface area contributed by atoms with Crippen molar-refractivity contribution in [2.45, 2.75) is 18.1 Å². The highest BCUT2D eigenvalue weighted by Crippen LogP contribution is 2.37. The van der Waals surface area contributed by atoms with E-state index in [1.54, 1.807) is 30.2 Å². The lowest BCUT2D eigenvalue weighted by atomic mass is 9.88. The lowest BCUT2D eigenvalue weighted by Gasteiger charge is -2.23. The van der Waals surface area contributed by atoms with Gasteiger partial charge in [0.2, 0.25) is 0 Å². The Balaban J connectivity index is 2.67. The second-order valence-corrected chi connectivity index (χ2v) is 5.22. The zero-order valence-corrected chi connectivity index (χ0v) is 9.20. The van der Waals surface area contributed by atoms with Crippen LogP contribution in [0.2, 0.25) is 0 Å². The highest BCUT2D eigenvalue weighted by atomic mass is 32.2. The number of hydrogen-bond donors (Lipinski definition) is 1. The summed E-state index contributed by atoms with van der Waals surface area (Å²) in [7, 11) is -4.30. The maximum Gasteiger partial charge on any atom is 0.276 e. The molecule has 0 spiro atoms. The molecule has 1 aromatic rings. The molecule has 0 heterocycles. The van der Waals surface area contributed by atoms with Crippen LogP contribution in [-0.4, -0.2) is 18.9 Å². The first-order valence-electron chi connectivity index (χ1n) is 4.82. The number of hydrogen-bond acceptors (Lipinski definition) is 3. The van der Waals surface area contributed by atoms with Crippen LogP contribution in [0.25, 0.3) is 0 Å². The summed E-state index contributed by atoms with van der Waals surface area (Å²) in [6.07, 6.45) is 0.928. The first kappa shape index (κ1) is 11.1. The number of aryl methyl sites for hydroxylation is 1. The van der Waals surface area contributed by atoms with E-state index in [0.29, 0.717) is 18.4 Å². The molecule has 4 nitrogen and oxygen atoms in total. The smallest absolute Gasteiger partial charge is 0.276 e. The van der Waals surface area contributed by atoms with Crippen LogP contribution in [0.3, 0.4) is 0 Å². The second-order valence-electron chi connectivity index (χ2n) is 3.72. The monoisotopic (exact) mass is 238 g/mol. The lowest BCUT2D eigenvalue weighted by molar-refractivity contribution is 0.471. The molecule has 0 aromatic heterocycles. The Kier molecular flexibility index (Phi) is 2.68. The first-order chi connectivity index (χ1) is 7.54. The number of benzene rings is 1. The zero-order chi connectivity index (χ0) is 11.8. The van der Waals surface area contributed by atoms with Gasteiger partial charge in [-0.05, 0) is 24.0 Å². The Labute approximate surface area is 93.4 Å². The van der Waals surface area contributed by atoms with Gasteiger partial charge in [0, 0.05) is 5.57 Å². The predicted molar refractivity (Wildman–Crippen MR) is 58.3 cm³/mol. The summed E-state index contributed by atoms with van der Waals surface area (Å²) in [4.78, 5) is 10.7. The highest BCUT2D eigenvalue weighted by molar-refractivity contribution is 7.86. The molecule has 0 saturated heterocycles. The molecule has 0 amide bonds. The number of carbonyl (C=O) groups excluding carboxylic acids is 1. The van der Waals surface area contributed by atoms with Crippen LogP contribution < -0.4 is 0 Å². The third kappa shape index (κ3) is 1.80. The summed E-state index contributed by atoms with van der Waals surface area (Å²) >= 11 is 0. The van der Waals surface area contributed by atoms with Crippen LogP contribution in [0.1, 0.15) is 22.8 Å². The van der Waals surface area contributed by atoms with E-state index in [2.05, 4.69) is 0 Å². The Morgan fingerprint density at radius 1 is 1.25 bits per heavy atom. The lowest BCUT2D eigenvalue weighted by Crippen LogP contribution is -2.21. The largest absolute Gasteiger partial charge is 0.285 e. The minimum absolute atomic E-state index is 0.0983. The van der Waals surface area contributed by atoms with Crippen LogP contribution in [0.15, 0.2) is 29.8 Å². The molecule has 0 bridgehead atoms. The summed E-state index contributed by atoms with van der Waals surface area (Å²) in [6, 6.07) is 6.90. The van der Waals surface area contributed by atoms with Gasteiger partial charge in [0.05, 0.1) is 0 Å². The van der Waals surface area contributed by atoms with Crippen LogP contribution in [0, 0.1) is 0 Å². The fraction of sp³-hybridized carbons (Fsp3) is 0.273. The van der Waals surface area contributed by atoms with Crippen molar-refractivity contribution in [2.24, 2.45) is 0 Å². The standard InChI is InChI=1S/C11H10O4S/c12-7-9-6-5-8-3-1-2-4-10(8)11(9)16(13,14)15/h1-4,11H,5-6H2,(H,13,14,15). The summed E-state index contributed by atoms with van der Waals surface area (Å²) in [5.41, 5.74) is 1.43. The average Bonchev–Trinajstić information content (AvgIpc) is 2.26. The van der Waals surface area contributed by atoms with E-state index in [-0.39, 0.29) is 5.57 Å². The van der Waals surface area contributed by atoms with Gasteiger partial charge in [0.25, 0.3) is 10.1 Å². The van der Waals surface area contributed by atoms with Crippen LogP contribution in [0.4, 0.5) is 0 Å². The minimum Gasteiger partial charge on any atom is -0.285 e. The summed E-state index contributed by atoms with van der Waals surface area (Å²) in [5.74, 6) is 1.63. The molecule has 1 aliphatic carbocycles. The molecule has 2 rings (SSSR count). The molecule has 84 valence electrons. The van der Waals surface area contributed by atoms with Crippen molar-refractivity contribution in [3.8, 4) is 0 Å². The molecule has 0 fully saturated rings. The Morgan fingerprint density at radius 3 is 2.56 bits per heavy atom. The van der Waals surface area contributed by atoms with Gasteiger partial charge >= 0.3 is 0 Å². The van der Waals surface area contributed by atoms with Gasteiger partial charge in [-0.1, -0.05) is 24.3 Å². The van der Waals surface area contributed by atoms with Gasteiger partial charge in [0.1, 0.15) is 11.2 Å². The van der Waals surface area contributed by atoms with Gasteiger partial charge in [-0.15, -0.1) is 0 Å². The van der Waals surface area contributed by atoms with Crippen LogP contribution in [0.5, 0.6) is 0 Å². The molecular formula is C11H10O4S. The van der Waals surface area contributed by atoms with E-state index in [1.165, 1.54) is 0 Å². The van der Waals surface area contributed by atoms with E-state index < -0.39 is 15.4 Å². The van der Waals surface area contributed by atoms with Crippen molar-refractivity contribution >= 4 is 16.1 Å². The number of rotatable bonds is 1. The maximum atomic E-state index is 11.3. The van der Waals surface area contributed by atoms with Gasteiger partial charge in [-0.2, -0.15) is 8.42 Å². The molecule has 5 heteroatoms. The van der Waals surface area contributed by atoms with Gasteiger partial charge in [-0.25, -0.2) is 4.79 Å². The van der Waals surface area contributed by atoms with Gasteiger partial charge in [-0.3, -0.25) is 4.55 Å². The van der Waals surface area contributed by atoms with Crippen molar-refractivity contribution in [1.82, 2.24) is 0 Å². The zero-order valence-electron chi connectivity index (χ0n) is 8.38. The van der Waals surface area contributed by atoms with Crippen LogP contribution >= 0.6 is 0 Å². The highest BCUT2D eigenvalue weighted by Gasteiger charge is 2.34. The fourth-order valence-corrected chi connectivity index (χ4v) is 3.13. The molecule has 1 aromatic carbocycles. The molecule has 1 unspecified atom stereocenters. The van der Waals surface area contributed by atoms with E-state index in [4.69, 9.17) is 4.55 Å². The normalized spacial score (nSPS) is 20.1. The topological polar surface area (TPSA) is 71.4 Å². The fourth-order valence-electron chi connectivity index (χ4n) is 2.05. The number of fused-ring (bicyclic) bond motifs is 1. The van der Waals surface area contributed by atoms with E-state index in [1.807, 2.05) is 0 Å². The molecule has 0 radical (unpaired) electrons. The summed E-state index contributed by atoms with van der Waals surface area (Å²) in [6.45, 7) is 0. The minimum atomic E-state index is -4.30. The van der Waals surface area contributed by atoms with Gasteiger partial charge in [0.15, 0.2) is 0 Å². The molecule has 16 heavy (non-hydrogen) atoms. The van der Waals surface area contributed by atoms with E-state index in [0.717, 1.165) is 5.56 Å². The molecular weight excluding hydrogens is 228 g/mol. The second kappa shape index (κ2) is 3.87. The van der Waals surface area contributed by atoms with Crippen molar-refractivity contribution in [1.29, 1.82) is 0 Å². The Morgan fingerprint density at radius 2 is 1.94 bits per heavy atom. The van der Waals surface area contributed by atoms with Crippen LogP contribution in [-0.2, 0) is 21.3 Å². The SMILES string of the molecule is O=C=C1CCc2ccccc2C1S(=O)(=O)O. The molecule has 0 saturated carbocycles. The molecule has 1 N–H and O–H groups in total. The Bertz CT molecular complexity index is 567. The van der Waals surface area contributed by atoms with E-state index >= 15 is 0 Å². The first-order valence-corrected chi connectivity index (χ1v) is 6.32. The Hall–Kier alpha value is -1.42. The van der Waals surface area contributed by atoms with Gasteiger partial charge < -0.3 is 0 Å². The average molecular weight is 238 g/mol. The van der Waals surface area contributed by atoms with Crippen molar-refractivity contribution in [2.75, 3.05) is 0 Å². The van der Waals surface area contributed by atoms with Crippen molar-refractivity contribution in [3.63, 3.8) is 0 Å². The molecule has 0 aliphatic heterocycles. The summed E-state index contributed by atoms with van der Waals surface area (Å²) in [5, 5.41) is -1.24. The summed E-state index contributed by atoms with van der Waals surface area (Å²) < 4.78 is 31.7. The molecule has 1 atom stereocenters. The van der Waals surface area contributed by atoms with Crippen molar-refractivity contribution < 1.29 is 17.8 Å². The molecule has 1 aliphatic rings. The van der Waals surface area contributed by atoms with E-state index in [9.17, 15) is 13.2 Å².